The number of thiophene rings is 1. The number of nitrogens with zero attached hydrogens (tertiary/aromatic N) is 1. The lowest BCUT2D eigenvalue weighted by Crippen LogP contribution is -2.11. The van der Waals surface area contributed by atoms with E-state index in [9.17, 15) is 15.2 Å². The fraction of sp³-hybridized carbons (Fsp3) is 0.375. The molecule has 1 N–H and O–H groups in total. The summed E-state index contributed by atoms with van der Waals surface area (Å²) in [6.07, 6.45) is 8.41. The molecule has 1 fully saturated rings. The third kappa shape index (κ3) is 5.40. The number of carboxylic acids is 1. The van der Waals surface area contributed by atoms with Gasteiger partial charge in [-0.05, 0) is 107 Å². The first-order valence-corrected chi connectivity index (χ1v) is 14.0. The minimum Gasteiger partial charge on any atom is -0.481 e. The van der Waals surface area contributed by atoms with Gasteiger partial charge in [-0.3, -0.25) is 4.79 Å². The van der Waals surface area contributed by atoms with Crippen molar-refractivity contribution in [1.29, 1.82) is 5.26 Å². The molecule has 0 bridgehead atoms. The van der Waals surface area contributed by atoms with Gasteiger partial charge in [-0.25, -0.2) is 4.39 Å². The van der Waals surface area contributed by atoms with Crippen molar-refractivity contribution in [2.45, 2.75) is 64.7 Å². The molecule has 0 spiro atoms. The Labute approximate surface area is 222 Å². The average Bonchev–Trinajstić information content (AvgIpc) is 3.54. The van der Waals surface area contributed by atoms with Crippen LogP contribution in [0, 0.1) is 28.5 Å². The van der Waals surface area contributed by atoms with Crippen LogP contribution in [0.2, 0.25) is 0 Å². The largest absolute Gasteiger partial charge is 0.481 e. The quantitative estimate of drug-likeness (QED) is 0.313. The zero-order valence-electron chi connectivity index (χ0n) is 21.4. The molecule has 5 rings (SSSR count). The highest BCUT2D eigenvalue weighted by Crippen LogP contribution is 2.50. The van der Waals surface area contributed by atoms with Gasteiger partial charge in [0.1, 0.15) is 5.82 Å². The molecule has 2 aliphatic carbocycles. The Bertz CT molecular complexity index is 1410. The Balaban J connectivity index is 1.47. The van der Waals surface area contributed by atoms with Crippen LogP contribution in [0.1, 0.15) is 79.7 Å². The molecule has 1 atom stereocenters. The smallest absolute Gasteiger partial charge is 0.303 e. The van der Waals surface area contributed by atoms with E-state index in [2.05, 4.69) is 49.6 Å². The molecule has 5 heteroatoms. The zero-order valence-corrected chi connectivity index (χ0v) is 22.2. The van der Waals surface area contributed by atoms with Gasteiger partial charge in [0.05, 0.1) is 18.1 Å². The fourth-order valence-corrected chi connectivity index (χ4v) is 6.91. The molecule has 3 aromatic rings. The minimum atomic E-state index is -0.738. The lowest BCUT2D eigenvalue weighted by atomic mass is 9.79. The molecule has 1 unspecified atom stereocenters. The van der Waals surface area contributed by atoms with Crippen LogP contribution in [0.15, 0.2) is 53.9 Å². The van der Waals surface area contributed by atoms with Crippen LogP contribution in [0.3, 0.4) is 0 Å². The van der Waals surface area contributed by atoms with Gasteiger partial charge in [0.15, 0.2) is 0 Å². The summed E-state index contributed by atoms with van der Waals surface area (Å²) in [5.74, 6) is -0.478. The fourth-order valence-electron chi connectivity index (χ4n) is 5.77. The van der Waals surface area contributed by atoms with E-state index in [-0.39, 0.29) is 23.6 Å². The van der Waals surface area contributed by atoms with Crippen molar-refractivity contribution in [1.82, 2.24) is 0 Å². The van der Waals surface area contributed by atoms with Crippen LogP contribution in [0.4, 0.5) is 4.39 Å². The highest BCUT2D eigenvalue weighted by Gasteiger charge is 2.34. The zero-order chi connectivity index (χ0) is 26.2. The summed E-state index contributed by atoms with van der Waals surface area (Å²) in [6.45, 7) is 4.51. The Kier molecular flexibility index (Phi) is 7.05. The summed E-state index contributed by atoms with van der Waals surface area (Å²) in [7, 11) is 0. The standard InChI is InChI=1S/C32H32FNO2S/c1-32(2)14-4-7-27(32)30-24(19-37-31(30)26-16-21(18-34)9-13-28(26)33)10-8-20-5-3-6-23(15-20)25(17-29(35)36)22-11-12-22/h3,5-7,9,13,15-16,19,22,25H,4,8,10-12,14,17H2,1-2H3,(H,35,36). The number of carbonyl (C=O) groups is 1. The summed E-state index contributed by atoms with van der Waals surface area (Å²) in [5, 5.41) is 21.0. The number of nitriles is 1. The van der Waals surface area contributed by atoms with Gasteiger partial charge in [-0.2, -0.15) is 5.26 Å². The summed E-state index contributed by atoms with van der Waals surface area (Å²) < 4.78 is 15.0. The number of aliphatic carboxylic acids is 1. The maximum absolute atomic E-state index is 15.0. The summed E-state index contributed by atoms with van der Waals surface area (Å²) in [6, 6.07) is 15.2. The normalized spacial score (nSPS) is 17.3. The Morgan fingerprint density at radius 3 is 2.70 bits per heavy atom. The van der Waals surface area contributed by atoms with Gasteiger partial charge in [0, 0.05) is 10.4 Å². The number of allylic oxidation sites excluding steroid dienone is 2. The summed E-state index contributed by atoms with van der Waals surface area (Å²) >= 11 is 1.56. The number of benzene rings is 2. The SMILES string of the molecule is CC1(C)CCC=C1c1c(CCc2cccc(C(CC(=O)O)C3CC3)c2)csc1-c1cc(C#N)ccc1F. The van der Waals surface area contributed by atoms with Gasteiger partial charge in [-0.1, -0.05) is 44.2 Å². The van der Waals surface area contributed by atoms with E-state index in [0.29, 0.717) is 17.0 Å². The molecular formula is C32H32FNO2S. The van der Waals surface area contributed by atoms with Gasteiger partial charge >= 0.3 is 5.97 Å². The third-order valence-corrected chi connectivity index (χ3v) is 9.03. The molecule has 37 heavy (non-hydrogen) atoms. The van der Waals surface area contributed by atoms with E-state index in [1.165, 1.54) is 28.8 Å². The van der Waals surface area contributed by atoms with Crippen molar-refractivity contribution < 1.29 is 14.3 Å². The molecule has 190 valence electrons. The van der Waals surface area contributed by atoms with Crippen molar-refractivity contribution >= 4 is 22.9 Å². The first-order chi connectivity index (χ1) is 17.8. The molecule has 1 aromatic heterocycles. The molecule has 3 nitrogen and oxygen atoms in total. The highest BCUT2D eigenvalue weighted by atomic mass is 32.1. The predicted octanol–water partition coefficient (Wildman–Crippen LogP) is 8.38. The Morgan fingerprint density at radius 2 is 2.03 bits per heavy atom. The molecule has 0 aliphatic heterocycles. The molecule has 0 amide bonds. The second-order valence-electron chi connectivity index (χ2n) is 11.1. The maximum Gasteiger partial charge on any atom is 0.303 e. The lowest BCUT2D eigenvalue weighted by Gasteiger charge is -2.24. The highest BCUT2D eigenvalue weighted by molar-refractivity contribution is 7.14. The summed E-state index contributed by atoms with van der Waals surface area (Å²) in [5.41, 5.74) is 6.88. The Morgan fingerprint density at radius 1 is 1.22 bits per heavy atom. The van der Waals surface area contributed by atoms with Crippen molar-refractivity contribution in [3.05, 3.63) is 87.6 Å². The topological polar surface area (TPSA) is 61.1 Å². The van der Waals surface area contributed by atoms with E-state index < -0.39 is 5.97 Å². The first kappa shape index (κ1) is 25.4. The first-order valence-electron chi connectivity index (χ1n) is 13.1. The number of hydrogen-bond donors (Lipinski definition) is 1. The number of hydrogen-bond acceptors (Lipinski definition) is 3. The second-order valence-corrected chi connectivity index (χ2v) is 12.0. The minimum absolute atomic E-state index is 0.00211. The third-order valence-electron chi connectivity index (χ3n) is 7.97. The van der Waals surface area contributed by atoms with Gasteiger partial charge in [-0.15, -0.1) is 11.3 Å². The number of carboxylic acid groups (broad SMARTS) is 1. The van der Waals surface area contributed by atoms with Crippen LogP contribution in [-0.4, -0.2) is 11.1 Å². The van der Waals surface area contributed by atoms with E-state index in [4.69, 9.17) is 0 Å². The van der Waals surface area contributed by atoms with Crippen molar-refractivity contribution in [2.75, 3.05) is 0 Å². The number of aryl methyl sites for hydroxylation is 2. The number of halogens is 1. The molecule has 1 heterocycles. The predicted molar refractivity (Wildman–Crippen MR) is 147 cm³/mol. The van der Waals surface area contributed by atoms with Crippen LogP contribution in [0.25, 0.3) is 16.0 Å². The van der Waals surface area contributed by atoms with E-state index >= 15 is 4.39 Å². The van der Waals surface area contributed by atoms with Crippen molar-refractivity contribution in [3.63, 3.8) is 0 Å². The van der Waals surface area contributed by atoms with Gasteiger partial charge in [0.2, 0.25) is 0 Å². The van der Waals surface area contributed by atoms with Crippen LogP contribution < -0.4 is 0 Å². The molecule has 2 aliphatic rings. The van der Waals surface area contributed by atoms with E-state index in [1.54, 1.807) is 17.4 Å². The Hall–Kier alpha value is -3.23. The molecular weight excluding hydrogens is 481 g/mol. The van der Waals surface area contributed by atoms with Crippen molar-refractivity contribution in [2.24, 2.45) is 11.3 Å². The molecule has 0 radical (unpaired) electrons. The van der Waals surface area contributed by atoms with Crippen molar-refractivity contribution in [3.8, 4) is 16.5 Å². The summed E-state index contributed by atoms with van der Waals surface area (Å²) in [4.78, 5) is 12.4. The van der Waals surface area contributed by atoms with Gasteiger partial charge in [0.25, 0.3) is 0 Å². The second kappa shape index (κ2) is 10.3. The van der Waals surface area contributed by atoms with Crippen LogP contribution in [0.5, 0.6) is 0 Å². The number of rotatable bonds is 9. The van der Waals surface area contributed by atoms with Gasteiger partial charge < -0.3 is 5.11 Å². The molecule has 0 saturated heterocycles. The molecule has 1 saturated carbocycles. The maximum atomic E-state index is 15.0. The monoisotopic (exact) mass is 513 g/mol. The van der Waals surface area contributed by atoms with E-state index in [0.717, 1.165) is 54.5 Å². The van der Waals surface area contributed by atoms with E-state index in [1.807, 2.05) is 6.07 Å². The molecule has 2 aromatic carbocycles. The van der Waals surface area contributed by atoms with Crippen LogP contribution >= 0.6 is 11.3 Å². The van der Waals surface area contributed by atoms with Crippen LogP contribution in [-0.2, 0) is 17.6 Å². The lowest BCUT2D eigenvalue weighted by molar-refractivity contribution is -0.137. The average molecular weight is 514 g/mol.